The van der Waals surface area contributed by atoms with Gasteiger partial charge in [-0.25, -0.2) is 0 Å². The SMILES string of the molecule is CC(=O)NCCNC(=O)c1ccc(C2SCCCS2)cc1. The minimum atomic E-state index is -0.101. The summed E-state index contributed by atoms with van der Waals surface area (Å²) in [5.74, 6) is 2.23. The fourth-order valence-corrected chi connectivity index (χ4v) is 4.88. The summed E-state index contributed by atoms with van der Waals surface area (Å²) in [5, 5.41) is 5.43. The lowest BCUT2D eigenvalue weighted by Gasteiger charge is -2.21. The summed E-state index contributed by atoms with van der Waals surface area (Å²) in [6.07, 6.45) is 1.28. The normalized spacial score (nSPS) is 15.5. The number of hydrogen-bond acceptors (Lipinski definition) is 4. The van der Waals surface area contributed by atoms with Gasteiger partial charge in [0.1, 0.15) is 0 Å². The third kappa shape index (κ3) is 5.28. The van der Waals surface area contributed by atoms with Gasteiger partial charge in [-0.3, -0.25) is 9.59 Å². The maximum Gasteiger partial charge on any atom is 0.251 e. The molecule has 0 radical (unpaired) electrons. The molecule has 114 valence electrons. The zero-order chi connectivity index (χ0) is 15.1. The topological polar surface area (TPSA) is 58.2 Å². The molecular weight excluding hydrogens is 304 g/mol. The van der Waals surface area contributed by atoms with E-state index in [1.165, 1.54) is 30.4 Å². The summed E-state index contributed by atoms with van der Waals surface area (Å²) in [7, 11) is 0. The van der Waals surface area contributed by atoms with E-state index in [1.54, 1.807) is 0 Å². The highest BCUT2D eigenvalue weighted by molar-refractivity contribution is 8.16. The molecule has 1 aromatic carbocycles. The summed E-state index contributed by atoms with van der Waals surface area (Å²) >= 11 is 3.94. The first kappa shape index (κ1) is 16.2. The van der Waals surface area contributed by atoms with Crippen LogP contribution in [0.25, 0.3) is 0 Å². The van der Waals surface area contributed by atoms with Crippen LogP contribution in [0.1, 0.15) is 33.8 Å². The van der Waals surface area contributed by atoms with Gasteiger partial charge in [-0.15, -0.1) is 23.5 Å². The zero-order valence-corrected chi connectivity index (χ0v) is 13.7. The molecule has 0 spiro atoms. The third-order valence-electron chi connectivity index (χ3n) is 3.06. The largest absolute Gasteiger partial charge is 0.355 e. The Morgan fingerprint density at radius 2 is 1.71 bits per heavy atom. The Morgan fingerprint density at radius 3 is 2.33 bits per heavy atom. The molecule has 0 aliphatic carbocycles. The second kappa shape index (κ2) is 8.34. The number of rotatable bonds is 5. The number of hydrogen-bond donors (Lipinski definition) is 2. The van der Waals surface area contributed by atoms with Crippen LogP contribution >= 0.6 is 23.5 Å². The van der Waals surface area contributed by atoms with Crippen LogP contribution < -0.4 is 10.6 Å². The Balaban J connectivity index is 1.83. The van der Waals surface area contributed by atoms with E-state index in [-0.39, 0.29) is 11.8 Å². The van der Waals surface area contributed by atoms with Gasteiger partial charge in [-0.2, -0.15) is 0 Å². The van der Waals surface area contributed by atoms with Crippen LogP contribution in [0.4, 0.5) is 0 Å². The Morgan fingerprint density at radius 1 is 1.10 bits per heavy atom. The molecule has 0 aromatic heterocycles. The minimum absolute atomic E-state index is 0.0870. The van der Waals surface area contributed by atoms with E-state index in [1.807, 2.05) is 47.8 Å². The smallest absolute Gasteiger partial charge is 0.251 e. The fraction of sp³-hybridized carbons (Fsp3) is 0.467. The van der Waals surface area contributed by atoms with Gasteiger partial charge >= 0.3 is 0 Å². The molecule has 2 N–H and O–H groups in total. The van der Waals surface area contributed by atoms with Crippen molar-refractivity contribution in [3.8, 4) is 0 Å². The number of amides is 2. The predicted molar refractivity (Wildman–Crippen MR) is 89.7 cm³/mol. The van der Waals surface area contributed by atoms with E-state index in [0.29, 0.717) is 23.2 Å². The molecule has 1 aliphatic heterocycles. The summed E-state index contributed by atoms with van der Waals surface area (Å²) in [4.78, 5) is 22.7. The van der Waals surface area contributed by atoms with Crippen molar-refractivity contribution in [1.82, 2.24) is 10.6 Å². The van der Waals surface area contributed by atoms with Crippen LogP contribution in [0.15, 0.2) is 24.3 Å². The number of carbonyl (C=O) groups excluding carboxylic acids is 2. The third-order valence-corrected chi connectivity index (χ3v) is 6.07. The molecule has 0 bridgehead atoms. The molecule has 6 heteroatoms. The van der Waals surface area contributed by atoms with E-state index in [9.17, 15) is 9.59 Å². The van der Waals surface area contributed by atoms with Gasteiger partial charge in [0.15, 0.2) is 0 Å². The van der Waals surface area contributed by atoms with Crippen molar-refractivity contribution >= 4 is 35.3 Å². The molecular formula is C15H20N2O2S2. The molecule has 21 heavy (non-hydrogen) atoms. The first-order valence-corrected chi connectivity index (χ1v) is 9.12. The van der Waals surface area contributed by atoms with Crippen LogP contribution in [-0.4, -0.2) is 36.4 Å². The number of nitrogens with one attached hydrogen (secondary N) is 2. The maximum absolute atomic E-state index is 11.9. The Labute approximate surface area is 133 Å². The minimum Gasteiger partial charge on any atom is -0.355 e. The van der Waals surface area contributed by atoms with E-state index < -0.39 is 0 Å². The second-order valence-electron chi connectivity index (χ2n) is 4.79. The Hall–Kier alpha value is -1.14. The molecule has 0 atom stereocenters. The van der Waals surface area contributed by atoms with E-state index in [2.05, 4.69) is 10.6 Å². The first-order chi connectivity index (χ1) is 10.2. The molecule has 1 heterocycles. The summed E-state index contributed by atoms with van der Waals surface area (Å²) in [6, 6.07) is 7.83. The van der Waals surface area contributed by atoms with Crippen molar-refractivity contribution in [3.63, 3.8) is 0 Å². The van der Waals surface area contributed by atoms with Crippen LogP contribution in [0.2, 0.25) is 0 Å². The van der Waals surface area contributed by atoms with Crippen molar-refractivity contribution in [2.75, 3.05) is 24.6 Å². The lowest BCUT2D eigenvalue weighted by molar-refractivity contribution is -0.118. The van der Waals surface area contributed by atoms with Gasteiger partial charge in [-0.05, 0) is 35.6 Å². The first-order valence-electron chi connectivity index (χ1n) is 7.02. The van der Waals surface area contributed by atoms with Gasteiger partial charge in [0.2, 0.25) is 5.91 Å². The number of thioether (sulfide) groups is 2. The molecule has 0 unspecified atom stereocenters. The van der Waals surface area contributed by atoms with Crippen molar-refractivity contribution in [3.05, 3.63) is 35.4 Å². The van der Waals surface area contributed by atoms with E-state index >= 15 is 0 Å². The number of benzene rings is 1. The molecule has 1 fully saturated rings. The van der Waals surface area contributed by atoms with Gasteiger partial charge in [0.25, 0.3) is 5.91 Å². The molecule has 1 aliphatic rings. The van der Waals surface area contributed by atoms with Crippen LogP contribution in [0.5, 0.6) is 0 Å². The highest BCUT2D eigenvalue weighted by Crippen LogP contribution is 2.43. The maximum atomic E-state index is 11.9. The highest BCUT2D eigenvalue weighted by Gasteiger charge is 2.16. The molecule has 2 amide bonds. The highest BCUT2D eigenvalue weighted by atomic mass is 32.2. The lowest BCUT2D eigenvalue weighted by atomic mass is 10.1. The average molecular weight is 324 g/mol. The van der Waals surface area contributed by atoms with E-state index in [4.69, 9.17) is 0 Å². The predicted octanol–water partition coefficient (Wildman–Crippen LogP) is 2.42. The second-order valence-corrected chi connectivity index (χ2v) is 7.51. The van der Waals surface area contributed by atoms with Gasteiger partial charge in [0.05, 0.1) is 4.58 Å². The fourth-order valence-electron chi connectivity index (χ4n) is 1.99. The summed E-state index contributed by atoms with van der Waals surface area (Å²) in [6.45, 7) is 2.35. The Kier molecular flexibility index (Phi) is 6.45. The average Bonchev–Trinajstić information content (AvgIpc) is 2.52. The lowest BCUT2D eigenvalue weighted by Crippen LogP contribution is -2.33. The summed E-state index contributed by atoms with van der Waals surface area (Å²) in [5.41, 5.74) is 1.94. The Bertz CT molecular complexity index is 485. The van der Waals surface area contributed by atoms with Gasteiger partial charge in [0, 0.05) is 25.6 Å². The molecule has 1 saturated heterocycles. The monoisotopic (exact) mass is 324 g/mol. The number of carbonyl (C=O) groups is 2. The summed E-state index contributed by atoms with van der Waals surface area (Å²) < 4.78 is 0.496. The molecule has 0 saturated carbocycles. The molecule has 2 rings (SSSR count). The van der Waals surface area contributed by atoms with Crippen molar-refractivity contribution < 1.29 is 9.59 Å². The van der Waals surface area contributed by atoms with Crippen LogP contribution in [0.3, 0.4) is 0 Å². The van der Waals surface area contributed by atoms with Gasteiger partial charge < -0.3 is 10.6 Å². The van der Waals surface area contributed by atoms with Gasteiger partial charge in [-0.1, -0.05) is 12.1 Å². The molecule has 1 aromatic rings. The van der Waals surface area contributed by atoms with Crippen LogP contribution in [0, 0.1) is 0 Å². The molecule has 4 nitrogen and oxygen atoms in total. The van der Waals surface area contributed by atoms with Crippen LogP contribution in [-0.2, 0) is 4.79 Å². The van der Waals surface area contributed by atoms with E-state index in [0.717, 1.165) is 0 Å². The van der Waals surface area contributed by atoms with Crippen molar-refractivity contribution in [2.45, 2.75) is 17.9 Å². The standard InChI is InChI=1S/C15H20N2O2S2/c1-11(18)16-7-8-17-14(19)12-3-5-13(6-4-12)15-20-9-2-10-21-15/h3-6,15H,2,7-10H2,1H3,(H,16,18)(H,17,19). The van der Waals surface area contributed by atoms with Crippen molar-refractivity contribution in [1.29, 1.82) is 0 Å². The quantitative estimate of drug-likeness (QED) is 0.817. The van der Waals surface area contributed by atoms with Crippen molar-refractivity contribution in [2.24, 2.45) is 0 Å². The zero-order valence-electron chi connectivity index (χ0n) is 12.1.